The van der Waals surface area contributed by atoms with Gasteiger partial charge in [0.1, 0.15) is 6.61 Å². The van der Waals surface area contributed by atoms with E-state index in [1.54, 1.807) is 6.07 Å². The highest BCUT2D eigenvalue weighted by atomic mass is 16.5. The first-order valence-corrected chi connectivity index (χ1v) is 4.84. The maximum atomic E-state index is 11.5. The smallest absolute Gasteiger partial charge is 0.376 e. The second-order valence-electron chi connectivity index (χ2n) is 3.13. The summed E-state index contributed by atoms with van der Waals surface area (Å²) in [4.78, 5) is 19.1. The predicted octanol–water partition coefficient (Wildman–Crippen LogP) is 1.83. The molecule has 1 heterocycles. The third kappa shape index (κ3) is 2.63. The fraction of sp³-hybridized carbons (Fsp3) is 0.0833. The van der Waals surface area contributed by atoms with E-state index >= 15 is 0 Å². The van der Waals surface area contributed by atoms with Crippen molar-refractivity contribution in [2.24, 2.45) is 0 Å². The summed E-state index contributed by atoms with van der Waals surface area (Å²) in [6.45, 7) is 0.234. The molecule has 1 aromatic carbocycles. The second-order valence-corrected chi connectivity index (χ2v) is 3.13. The standard InChI is InChI=1S/C12H10N2O2/c15-12(11-13-7-4-8-14-11)16-9-10-5-2-1-3-6-10/h1-8H,9H2. The minimum absolute atomic E-state index is 0.0819. The SMILES string of the molecule is O=C(OCc1ccccc1)c1ncccn1. The van der Waals surface area contributed by atoms with Crippen molar-refractivity contribution in [1.29, 1.82) is 0 Å². The van der Waals surface area contributed by atoms with E-state index in [4.69, 9.17) is 4.74 Å². The van der Waals surface area contributed by atoms with E-state index < -0.39 is 5.97 Å². The fourth-order valence-electron chi connectivity index (χ4n) is 1.19. The summed E-state index contributed by atoms with van der Waals surface area (Å²) < 4.78 is 5.05. The van der Waals surface area contributed by atoms with Gasteiger partial charge in [0.15, 0.2) is 0 Å². The third-order valence-corrected chi connectivity index (χ3v) is 1.96. The number of ether oxygens (including phenoxy) is 1. The lowest BCUT2D eigenvalue weighted by Gasteiger charge is -2.02. The summed E-state index contributed by atoms with van der Waals surface area (Å²) in [5.41, 5.74) is 0.937. The molecule has 0 amide bonds. The van der Waals surface area contributed by atoms with Crippen LogP contribution in [0.3, 0.4) is 0 Å². The lowest BCUT2D eigenvalue weighted by Crippen LogP contribution is -2.09. The van der Waals surface area contributed by atoms with Crippen molar-refractivity contribution in [2.45, 2.75) is 6.61 Å². The van der Waals surface area contributed by atoms with Crippen LogP contribution in [0.4, 0.5) is 0 Å². The van der Waals surface area contributed by atoms with Crippen molar-refractivity contribution in [3.63, 3.8) is 0 Å². The van der Waals surface area contributed by atoms with Gasteiger partial charge in [-0.15, -0.1) is 0 Å². The van der Waals surface area contributed by atoms with Crippen LogP contribution in [0.25, 0.3) is 0 Å². The Kier molecular flexibility index (Phi) is 3.23. The molecular formula is C12H10N2O2. The Bertz CT molecular complexity index is 457. The van der Waals surface area contributed by atoms with Crippen LogP contribution in [0.15, 0.2) is 48.8 Å². The highest BCUT2D eigenvalue weighted by Gasteiger charge is 2.09. The lowest BCUT2D eigenvalue weighted by atomic mass is 10.2. The normalized spacial score (nSPS) is 9.75. The molecule has 0 fully saturated rings. The third-order valence-electron chi connectivity index (χ3n) is 1.96. The van der Waals surface area contributed by atoms with Crippen LogP contribution in [-0.2, 0) is 11.3 Å². The van der Waals surface area contributed by atoms with Gasteiger partial charge in [0.2, 0.25) is 5.82 Å². The zero-order valence-electron chi connectivity index (χ0n) is 8.54. The molecule has 0 unspecified atom stereocenters. The van der Waals surface area contributed by atoms with Crippen molar-refractivity contribution in [2.75, 3.05) is 0 Å². The molecule has 0 aliphatic carbocycles. The molecule has 16 heavy (non-hydrogen) atoms. The summed E-state index contributed by atoms with van der Waals surface area (Å²) in [5.74, 6) is -0.428. The molecule has 4 nitrogen and oxygen atoms in total. The molecule has 80 valence electrons. The van der Waals surface area contributed by atoms with E-state index in [2.05, 4.69) is 9.97 Å². The highest BCUT2D eigenvalue weighted by Crippen LogP contribution is 2.02. The van der Waals surface area contributed by atoms with E-state index in [1.807, 2.05) is 30.3 Å². The summed E-state index contributed by atoms with van der Waals surface area (Å²) >= 11 is 0. The molecule has 0 radical (unpaired) electrons. The van der Waals surface area contributed by atoms with E-state index in [9.17, 15) is 4.79 Å². The first kappa shape index (κ1) is 10.3. The molecule has 0 saturated heterocycles. The van der Waals surface area contributed by atoms with Gasteiger partial charge in [-0.1, -0.05) is 30.3 Å². The first-order valence-electron chi connectivity index (χ1n) is 4.84. The molecule has 0 aliphatic rings. The Labute approximate surface area is 92.9 Å². The molecule has 0 saturated carbocycles. The number of nitrogens with zero attached hydrogens (tertiary/aromatic N) is 2. The van der Waals surface area contributed by atoms with E-state index in [1.165, 1.54) is 12.4 Å². The van der Waals surface area contributed by atoms with Crippen LogP contribution in [-0.4, -0.2) is 15.9 Å². The predicted molar refractivity (Wildman–Crippen MR) is 57.6 cm³/mol. The molecular weight excluding hydrogens is 204 g/mol. The zero-order valence-corrected chi connectivity index (χ0v) is 8.54. The Hall–Kier alpha value is -2.23. The molecule has 0 aliphatic heterocycles. The number of hydrogen-bond donors (Lipinski definition) is 0. The van der Waals surface area contributed by atoms with Crippen molar-refractivity contribution >= 4 is 5.97 Å². The molecule has 0 bridgehead atoms. The van der Waals surface area contributed by atoms with Crippen LogP contribution in [0.2, 0.25) is 0 Å². The van der Waals surface area contributed by atoms with Gasteiger partial charge in [-0.25, -0.2) is 14.8 Å². The number of esters is 1. The van der Waals surface area contributed by atoms with Crippen molar-refractivity contribution in [3.8, 4) is 0 Å². The molecule has 1 aromatic heterocycles. The van der Waals surface area contributed by atoms with Gasteiger partial charge in [0, 0.05) is 12.4 Å². The topological polar surface area (TPSA) is 52.1 Å². The van der Waals surface area contributed by atoms with Crippen molar-refractivity contribution in [3.05, 3.63) is 60.2 Å². The Morgan fingerprint density at radius 3 is 2.44 bits per heavy atom. The number of carbonyl (C=O) groups excluding carboxylic acids is 1. The van der Waals surface area contributed by atoms with Crippen LogP contribution in [0, 0.1) is 0 Å². The lowest BCUT2D eigenvalue weighted by molar-refractivity contribution is 0.0458. The molecule has 2 aromatic rings. The zero-order chi connectivity index (χ0) is 11.2. The van der Waals surface area contributed by atoms with Gasteiger partial charge in [0.05, 0.1) is 0 Å². The average Bonchev–Trinajstić information content (AvgIpc) is 2.38. The Morgan fingerprint density at radius 2 is 1.75 bits per heavy atom. The van der Waals surface area contributed by atoms with Crippen LogP contribution >= 0.6 is 0 Å². The largest absolute Gasteiger partial charge is 0.455 e. The van der Waals surface area contributed by atoms with Crippen LogP contribution in [0.1, 0.15) is 16.2 Å². The summed E-state index contributed by atoms with van der Waals surface area (Å²) in [6, 6.07) is 11.1. The average molecular weight is 214 g/mol. The quantitative estimate of drug-likeness (QED) is 0.731. The van der Waals surface area contributed by atoms with E-state index in [0.29, 0.717) is 0 Å². The van der Waals surface area contributed by atoms with Gasteiger partial charge in [-0.2, -0.15) is 0 Å². The number of hydrogen-bond acceptors (Lipinski definition) is 4. The van der Waals surface area contributed by atoms with E-state index in [-0.39, 0.29) is 12.4 Å². The van der Waals surface area contributed by atoms with Gasteiger partial charge >= 0.3 is 5.97 Å². The van der Waals surface area contributed by atoms with Gasteiger partial charge in [-0.05, 0) is 11.6 Å². The van der Waals surface area contributed by atoms with Crippen LogP contribution < -0.4 is 0 Å². The van der Waals surface area contributed by atoms with Crippen molar-refractivity contribution < 1.29 is 9.53 Å². The Morgan fingerprint density at radius 1 is 1.06 bits per heavy atom. The minimum Gasteiger partial charge on any atom is -0.455 e. The number of aromatic nitrogens is 2. The summed E-state index contributed by atoms with van der Waals surface area (Å²) in [6.07, 6.45) is 3.01. The number of carbonyl (C=O) groups is 1. The van der Waals surface area contributed by atoms with Gasteiger partial charge in [-0.3, -0.25) is 0 Å². The molecule has 4 heteroatoms. The molecule has 0 N–H and O–H groups in total. The van der Waals surface area contributed by atoms with Gasteiger partial charge < -0.3 is 4.74 Å². The molecule has 0 spiro atoms. The van der Waals surface area contributed by atoms with Crippen molar-refractivity contribution in [1.82, 2.24) is 9.97 Å². The number of benzene rings is 1. The van der Waals surface area contributed by atoms with Crippen LogP contribution in [0.5, 0.6) is 0 Å². The maximum Gasteiger partial charge on any atom is 0.376 e. The monoisotopic (exact) mass is 214 g/mol. The maximum absolute atomic E-state index is 11.5. The summed E-state index contributed by atoms with van der Waals surface area (Å²) in [5, 5.41) is 0. The summed E-state index contributed by atoms with van der Waals surface area (Å²) in [7, 11) is 0. The fourth-order valence-corrected chi connectivity index (χ4v) is 1.19. The number of rotatable bonds is 3. The van der Waals surface area contributed by atoms with Gasteiger partial charge in [0.25, 0.3) is 0 Å². The highest BCUT2D eigenvalue weighted by molar-refractivity contribution is 5.84. The minimum atomic E-state index is -0.510. The Balaban J connectivity index is 1.95. The van der Waals surface area contributed by atoms with E-state index in [0.717, 1.165) is 5.56 Å². The molecule has 0 atom stereocenters. The second kappa shape index (κ2) is 5.02. The first-order chi connectivity index (χ1) is 7.86. The molecule has 2 rings (SSSR count).